The highest BCUT2D eigenvalue weighted by Gasteiger charge is 2.27. The van der Waals surface area contributed by atoms with Crippen LogP contribution in [-0.4, -0.2) is 60.4 Å². The van der Waals surface area contributed by atoms with Gasteiger partial charge in [0.05, 0.1) is 19.3 Å². The summed E-state index contributed by atoms with van der Waals surface area (Å²) < 4.78 is 5.69. The molecule has 140 valence electrons. The van der Waals surface area contributed by atoms with Gasteiger partial charge in [-0.1, -0.05) is 18.2 Å². The number of carboxylic acid groups (broad SMARTS) is 2. The number of nitrogens with zero attached hydrogens (tertiary/aromatic N) is 1. The summed E-state index contributed by atoms with van der Waals surface area (Å²) in [5.74, 6) is -2.30. The number of fused-ring (bicyclic) bond motifs is 1. The number of hydrogen-bond donors (Lipinski definition) is 3. The van der Waals surface area contributed by atoms with Crippen LogP contribution >= 0.6 is 0 Å². The maximum atomic E-state index is 12.1. The number of benzene rings is 1. The van der Waals surface area contributed by atoms with Crippen molar-refractivity contribution in [2.24, 2.45) is 0 Å². The second-order valence-corrected chi connectivity index (χ2v) is 5.84. The largest absolute Gasteiger partial charge is 0.478 e. The van der Waals surface area contributed by atoms with Crippen LogP contribution in [0, 0.1) is 0 Å². The molecule has 0 aliphatic carbocycles. The molecule has 0 aromatic heterocycles. The molecule has 0 bridgehead atoms. The van der Waals surface area contributed by atoms with E-state index < -0.39 is 11.9 Å². The fourth-order valence-electron chi connectivity index (χ4n) is 2.78. The van der Waals surface area contributed by atoms with Gasteiger partial charge in [0.2, 0.25) is 5.91 Å². The quantitative estimate of drug-likeness (QED) is 0.674. The number of aryl methyl sites for hydroxylation is 1. The van der Waals surface area contributed by atoms with Crippen molar-refractivity contribution in [2.45, 2.75) is 18.9 Å². The highest BCUT2D eigenvalue weighted by molar-refractivity contribution is 5.96. The Bertz CT molecular complexity index is 666. The number of carbonyl (C=O) groups is 3. The third-order valence-corrected chi connectivity index (χ3v) is 3.95. The van der Waals surface area contributed by atoms with Gasteiger partial charge in [-0.3, -0.25) is 4.79 Å². The average Bonchev–Trinajstić information content (AvgIpc) is 2.64. The molecule has 1 aromatic rings. The second kappa shape index (κ2) is 9.69. The summed E-state index contributed by atoms with van der Waals surface area (Å²) in [5, 5.41) is 18.9. The van der Waals surface area contributed by atoms with Crippen molar-refractivity contribution in [2.75, 3.05) is 31.1 Å². The molecule has 2 aliphatic heterocycles. The fraction of sp³-hybridized carbons (Fsp3) is 0.389. The SMILES string of the molecule is O=C(O)C=CC(=O)O.O=C1CCc2ccccc2N1CC1CNCCO1. The normalized spacial score (nSPS) is 19.5. The molecule has 1 aromatic carbocycles. The Morgan fingerprint density at radius 1 is 1.19 bits per heavy atom. The molecule has 1 fully saturated rings. The summed E-state index contributed by atoms with van der Waals surface area (Å²) in [7, 11) is 0. The Balaban J connectivity index is 0.000000260. The zero-order valence-corrected chi connectivity index (χ0v) is 14.3. The van der Waals surface area contributed by atoms with Crippen LogP contribution < -0.4 is 10.2 Å². The Morgan fingerprint density at radius 2 is 1.88 bits per heavy atom. The molecular formula is C18H22N2O6. The minimum absolute atomic E-state index is 0.105. The molecule has 0 radical (unpaired) electrons. The fourth-order valence-corrected chi connectivity index (χ4v) is 2.78. The lowest BCUT2D eigenvalue weighted by Gasteiger charge is -2.34. The van der Waals surface area contributed by atoms with E-state index in [1.165, 1.54) is 5.56 Å². The lowest BCUT2D eigenvalue weighted by Crippen LogP contribution is -2.48. The molecule has 1 unspecified atom stereocenters. The highest BCUT2D eigenvalue weighted by atomic mass is 16.5. The van der Waals surface area contributed by atoms with Gasteiger partial charge in [-0.2, -0.15) is 0 Å². The van der Waals surface area contributed by atoms with Crippen LogP contribution in [0.4, 0.5) is 5.69 Å². The predicted molar refractivity (Wildman–Crippen MR) is 94.1 cm³/mol. The number of ether oxygens (including phenoxy) is 1. The molecule has 1 amide bonds. The summed E-state index contributed by atoms with van der Waals surface area (Å²) in [6, 6.07) is 8.16. The molecule has 8 heteroatoms. The third kappa shape index (κ3) is 5.98. The Kier molecular flexibility index (Phi) is 7.31. The maximum absolute atomic E-state index is 12.1. The van der Waals surface area contributed by atoms with Crippen LogP contribution in [0.2, 0.25) is 0 Å². The molecule has 3 rings (SSSR count). The van der Waals surface area contributed by atoms with Crippen molar-refractivity contribution >= 4 is 23.5 Å². The summed E-state index contributed by atoms with van der Waals surface area (Å²) in [5.41, 5.74) is 2.32. The average molecular weight is 362 g/mol. The summed E-state index contributed by atoms with van der Waals surface area (Å²) in [6.07, 6.45) is 2.69. The van der Waals surface area contributed by atoms with Crippen LogP contribution in [0.1, 0.15) is 12.0 Å². The van der Waals surface area contributed by atoms with Crippen molar-refractivity contribution in [3.05, 3.63) is 42.0 Å². The molecule has 26 heavy (non-hydrogen) atoms. The molecule has 2 heterocycles. The van der Waals surface area contributed by atoms with Crippen molar-refractivity contribution in [1.82, 2.24) is 5.32 Å². The van der Waals surface area contributed by atoms with E-state index in [1.54, 1.807) is 0 Å². The van der Waals surface area contributed by atoms with Crippen molar-refractivity contribution < 1.29 is 29.3 Å². The predicted octanol–water partition coefficient (Wildman–Crippen LogP) is 0.666. The second-order valence-electron chi connectivity index (χ2n) is 5.84. The smallest absolute Gasteiger partial charge is 0.328 e. The number of para-hydroxylation sites is 1. The van der Waals surface area contributed by atoms with Gasteiger partial charge >= 0.3 is 11.9 Å². The molecule has 0 saturated carbocycles. The Labute approximate surface area is 151 Å². The number of carboxylic acids is 2. The molecule has 1 saturated heterocycles. The zero-order chi connectivity index (χ0) is 18.9. The first-order valence-corrected chi connectivity index (χ1v) is 8.32. The van der Waals surface area contributed by atoms with Crippen molar-refractivity contribution in [3.63, 3.8) is 0 Å². The number of aliphatic carboxylic acids is 2. The van der Waals surface area contributed by atoms with Crippen LogP contribution in [0.3, 0.4) is 0 Å². The monoisotopic (exact) mass is 362 g/mol. The van der Waals surface area contributed by atoms with Crippen LogP contribution in [-0.2, 0) is 25.5 Å². The lowest BCUT2D eigenvalue weighted by molar-refractivity contribution is -0.134. The number of nitrogens with one attached hydrogen (secondary N) is 1. The standard InChI is InChI=1S/C14H18N2O2.C4H4O4/c17-14-6-5-11-3-1-2-4-13(11)16(14)10-12-9-15-7-8-18-12;5-3(6)1-2-4(7)8/h1-4,12,15H,5-10H2;1-2H,(H,5,6)(H,7,8). The number of rotatable bonds is 4. The van der Waals surface area contributed by atoms with E-state index in [4.69, 9.17) is 14.9 Å². The first-order valence-electron chi connectivity index (χ1n) is 8.32. The van der Waals surface area contributed by atoms with Crippen LogP contribution in [0.15, 0.2) is 36.4 Å². The first kappa shape index (κ1) is 19.6. The van der Waals surface area contributed by atoms with E-state index >= 15 is 0 Å². The van der Waals surface area contributed by atoms with Gasteiger partial charge in [-0.05, 0) is 18.1 Å². The van der Waals surface area contributed by atoms with Gasteiger partial charge in [-0.25, -0.2) is 9.59 Å². The van der Waals surface area contributed by atoms with Gasteiger partial charge in [0, 0.05) is 37.3 Å². The molecule has 3 N–H and O–H groups in total. The highest BCUT2D eigenvalue weighted by Crippen LogP contribution is 2.27. The topological polar surface area (TPSA) is 116 Å². The zero-order valence-electron chi connectivity index (χ0n) is 14.3. The van der Waals surface area contributed by atoms with E-state index in [9.17, 15) is 14.4 Å². The van der Waals surface area contributed by atoms with E-state index in [-0.39, 0.29) is 12.0 Å². The summed E-state index contributed by atoms with van der Waals surface area (Å²) >= 11 is 0. The van der Waals surface area contributed by atoms with Crippen LogP contribution in [0.5, 0.6) is 0 Å². The van der Waals surface area contributed by atoms with Gasteiger partial charge in [0.25, 0.3) is 0 Å². The number of morpholine rings is 1. The molecular weight excluding hydrogens is 340 g/mol. The maximum Gasteiger partial charge on any atom is 0.328 e. The summed E-state index contributed by atoms with van der Waals surface area (Å²) in [4.78, 5) is 33.1. The van der Waals surface area contributed by atoms with Gasteiger partial charge in [0.15, 0.2) is 0 Å². The van der Waals surface area contributed by atoms with E-state index in [0.717, 1.165) is 31.8 Å². The molecule has 8 nitrogen and oxygen atoms in total. The van der Waals surface area contributed by atoms with Crippen molar-refractivity contribution in [3.8, 4) is 0 Å². The number of amides is 1. The molecule has 1 atom stereocenters. The van der Waals surface area contributed by atoms with E-state index in [0.29, 0.717) is 25.1 Å². The minimum Gasteiger partial charge on any atom is -0.478 e. The molecule has 0 spiro atoms. The van der Waals surface area contributed by atoms with Crippen LogP contribution in [0.25, 0.3) is 0 Å². The first-order chi connectivity index (χ1) is 12.5. The third-order valence-electron chi connectivity index (χ3n) is 3.95. The molecule has 2 aliphatic rings. The minimum atomic E-state index is -1.26. The Morgan fingerprint density at radius 3 is 2.50 bits per heavy atom. The lowest BCUT2D eigenvalue weighted by atomic mass is 10.0. The van der Waals surface area contributed by atoms with Gasteiger partial charge in [0.1, 0.15) is 0 Å². The number of hydrogen-bond acceptors (Lipinski definition) is 5. The number of anilines is 1. The number of carbonyl (C=O) groups excluding carboxylic acids is 1. The summed E-state index contributed by atoms with van der Waals surface area (Å²) in [6.45, 7) is 3.12. The van der Waals surface area contributed by atoms with E-state index in [1.807, 2.05) is 23.1 Å². The van der Waals surface area contributed by atoms with Crippen molar-refractivity contribution in [1.29, 1.82) is 0 Å². The van der Waals surface area contributed by atoms with Gasteiger partial charge in [-0.15, -0.1) is 0 Å². The van der Waals surface area contributed by atoms with E-state index in [2.05, 4.69) is 11.4 Å². The van der Waals surface area contributed by atoms with Gasteiger partial charge < -0.3 is 25.2 Å². The Hall–Kier alpha value is -2.71.